The van der Waals surface area contributed by atoms with E-state index in [2.05, 4.69) is 10.3 Å². The highest BCUT2D eigenvalue weighted by atomic mass is 32.2. The highest BCUT2D eigenvalue weighted by Gasteiger charge is 2.10. The molecule has 0 aliphatic heterocycles. The summed E-state index contributed by atoms with van der Waals surface area (Å²) in [6.45, 7) is 1.82. The van der Waals surface area contributed by atoms with Crippen LogP contribution in [0.15, 0.2) is 47.6 Å². The number of primary sulfonamides is 1. The van der Waals surface area contributed by atoms with E-state index >= 15 is 0 Å². The maximum atomic E-state index is 13.1. The average Bonchev–Trinajstić information content (AvgIpc) is 2.38. The van der Waals surface area contributed by atoms with Gasteiger partial charge in [-0.05, 0) is 36.8 Å². The average molecular weight is 295 g/mol. The fourth-order valence-corrected chi connectivity index (χ4v) is 2.32. The zero-order valence-electron chi connectivity index (χ0n) is 10.7. The first kappa shape index (κ1) is 14.4. The van der Waals surface area contributed by atoms with Gasteiger partial charge in [-0.2, -0.15) is 0 Å². The van der Waals surface area contributed by atoms with Gasteiger partial charge in [0.15, 0.2) is 0 Å². The van der Waals surface area contributed by atoms with E-state index in [0.29, 0.717) is 11.3 Å². The Morgan fingerprint density at radius 3 is 2.70 bits per heavy atom. The third-order valence-electron chi connectivity index (χ3n) is 2.77. The summed E-state index contributed by atoms with van der Waals surface area (Å²) in [5.41, 5.74) is 1.24. The number of aromatic nitrogens is 1. The molecule has 1 aromatic carbocycles. The van der Waals surface area contributed by atoms with E-state index in [1.165, 1.54) is 18.2 Å². The minimum Gasteiger partial charge on any atom is -0.378 e. The van der Waals surface area contributed by atoms with Crippen molar-refractivity contribution in [2.45, 2.75) is 17.9 Å². The molecule has 0 aliphatic carbocycles. The summed E-state index contributed by atoms with van der Waals surface area (Å²) in [5.74, 6) is -0.422. The second kappa shape index (κ2) is 5.56. The number of nitrogens with zero attached hydrogens (tertiary/aromatic N) is 1. The molecule has 106 valence electrons. The maximum Gasteiger partial charge on any atom is 0.238 e. The van der Waals surface area contributed by atoms with Crippen molar-refractivity contribution >= 4 is 15.7 Å². The second-order valence-corrected chi connectivity index (χ2v) is 5.94. The van der Waals surface area contributed by atoms with Crippen LogP contribution in [0.25, 0.3) is 0 Å². The Balaban J connectivity index is 2.22. The van der Waals surface area contributed by atoms with Gasteiger partial charge in [-0.15, -0.1) is 0 Å². The molecule has 5 nitrogen and oxygen atoms in total. The number of hydrogen-bond acceptors (Lipinski definition) is 4. The van der Waals surface area contributed by atoms with Crippen LogP contribution in [0.3, 0.4) is 0 Å². The summed E-state index contributed by atoms with van der Waals surface area (Å²) >= 11 is 0. The van der Waals surface area contributed by atoms with E-state index < -0.39 is 15.8 Å². The fraction of sp³-hybridized carbons (Fsp3) is 0.154. The van der Waals surface area contributed by atoms with Crippen LogP contribution < -0.4 is 10.5 Å². The van der Waals surface area contributed by atoms with Crippen molar-refractivity contribution in [3.8, 4) is 0 Å². The normalized spacial score (nSPS) is 12.9. The number of nitrogens with one attached hydrogen (secondary N) is 1. The Hall–Kier alpha value is -1.99. The van der Waals surface area contributed by atoms with E-state index in [4.69, 9.17) is 5.14 Å². The van der Waals surface area contributed by atoms with Crippen LogP contribution in [0.5, 0.6) is 0 Å². The van der Waals surface area contributed by atoms with Crippen molar-refractivity contribution in [2.75, 3.05) is 5.32 Å². The lowest BCUT2D eigenvalue weighted by Gasteiger charge is -2.15. The minimum atomic E-state index is -3.74. The zero-order valence-corrected chi connectivity index (χ0v) is 11.6. The second-order valence-electron chi connectivity index (χ2n) is 4.38. The van der Waals surface area contributed by atoms with Crippen molar-refractivity contribution in [2.24, 2.45) is 5.14 Å². The molecule has 1 aromatic heterocycles. The Morgan fingerprint density at radius 2 is 2.05 bits per heavy atom. The molecule has 1 heterocycles. The third kappa shape index (κ3) is 3.52. The summed E-state index contributed by atoms with van der Waals surface area (Å²) in [5, 5.41) is 8.14. The van der Waals surface area contributed by atoms with Gasteiger partial charge in [-0.1, -0.05) is 6.07 Å². The van der Waals surface area contributed by atoms with E-state index in [1.807, 2.05) is 6.92 Å². The predicted octanol–water partition coefficient (Wildman–Crippen LogP) is 2.04. The molecule has 0 bridgehead atoms. The summed E-state index contributed by atoms with van der Waals surface area (Å²) in [7, 11) is -3.74. The van der Waals surface area contributed by atoms with Crippen molar-refractivity contribution in [3.05, 3.63) is 54.1 Å². The lowest BCUT2D eigenvalue weighted by atomic mass is 10.1. The Bertz CT molecular complexity index is 719. The standard InChI is InChI=1S/C13H14FN3O2S/c1-9(10-5-11(14)8-16-7-10)17-12-3-2-4-13(6-12)20(15,18)19/h2-9,17H,1H3,(H2,15,18,19). The monoisotopic (exact) mass is 295 g/mol. The van der Waals surface area contributed by atoms with Crippen LogP contribution in [0.4, 0.5) is 10.1 Å². The van der Waals surface area contributed by atoms with Crippen molar-refractivity contribution in [1.82, 2.24) is 4.98 Å². The van der Waals surface area contributed by atoms with Gasteiger partial charge in [-0.3, -0.25) is 4.98 Å². The highest BCUT2D eigenvalue weighted by Crippen LogP contribution is 2.21. The third-order valence-corrected chi connectivity index (χ3v) is 3.68. The summed E-state index contributed by atoms with van der Waals surface area (Å²) < 4.78 is 35.7. The van der Waals surface area contributed by atoms with E-state index in [0.717, 1.165) is 6.20 Å². The molecule has 2 rings (SSSR count). The summed E-state index contributed by atoms with van der Waals surface area (Å²) in [4.78, 5) is 3.79. The van der Waals surface area contributed by atoms with Crippen LogP contribution in [-0.2, 0) is 10.0 Å². The van der Waals surface area contributed by atoms with E-state index in [1.54, 1.807) is 18.3 Å². The molecule has 3 N–H and O–H groups in total. The number of benzene rings is 1. The molecular formula is C13H14FN3O2S. The topological polar surface area (TPSA) is 85.1 Å². The molecule has 7 heteroatoms. The Kier molecular flexibility index (Phi) is 4.01. The number of pyridine rings is 1. The number of rotatable bonds is 4. The molecule has 2 aromatic rings. The molecule has 1 unspecified atom stereocenters. The minimum absolute atomic E-state index is 0.0204. The molecule has 0 fully saturated rings. The van der Waals surface area contributed by atoms with Crippen LogP contribution in [0.1, 0.15) is 18.5 Å². The van der Waals surface area contributed by atoms with Gasteiger partial charge in [0.1, 0.15) is 5.82 Å². The molecule has 0 spiro atoms. The van der Waals surface area contributed by atoms with Crippen molar-refractivity contribution < 1.29 is 12.8 Å². The number of anilines is 1. The van der Waals surface area contributed by atoms with Gasteiger partial charge in [0.05, 0.1) is 17.1 Å². The fourth-order valence-electron chi connectivity index (χ4n) is 1.76. The first-order valence-corrected chi connectivity index (χ1v) is 7.41. The van der Waals surface area contributed by atoms with Crippen molar-refractivity contribution in [1.29, 1.82) is 0 Å². The number of sulfonamides is 1. The first-order chi connectivity index (χ1) is 9.36. The maximum absolute atomic E-state index is 13.1. The quantitative estimate of drug-likeness (QED) is 0.904. The molecule has 0 radical (unpaired) electrons. The SMILES string of the molecule is CC(Nc1cccc(S(N)(=O)=O)c1)c1cncc(F)c1. The molecule has 1 atom stereocenters. The van der Waals surface area contributed by atoms with Gasteiger partial charge < -0.3 is 5.32 Å². The largest absolute Gasteiger partial charge is 0.378 e. The van der Waals surface area contributed by atoms with Gasteiger partial charge in [0, 0.05) is 11.9 Å². The molecular weight excluding hydrogens is 281 g/mol. The Morgan fingerprint density at radius 1 is 1.30 bits per heavy atom. The van der Waals surface area contributed by atoms with Gasteiger partial charge in [0.25, 0.3) is 0 Å². The predicted molar refractivity (Wildman–Crippen MR) is 74.0 cm³/mol. The summed E-state index contributed by atoms with van der Waals surface area (Å²) in [6, 6.07) is 7.27. The van der Waals surface area contributed by atoms with E-state index in [9.17, 15) is 12.8 Å². The summed E-state index contributed by atoms with van der Waals surface area (Å²) in [6.07, 6.45) is 2.67. The molecule has 0 aliphatic rings. The first-order valence-electron chi connectivity index (χ1n) is 5.86. The molecule has 0 amide bonds. The lowest BCUT2D eigenvalue weighted by molar-refractivity contribution is 0.598. The number of nitrogens with two attached hydrogens (primary N) is 1. The van der Waals surface area contributed by atoms with Gasteiger partial charge in [0.2, 0.25) is 10.0 Å². The molecule has 0 saturated heterocycles. The molecule has 20 heavy (non-hydrogen) atoms. The van der Waals surface area contributed by atoms with Crippen LogP contribution >= 0.6 is 0 Å². The smallest absolute Gasteiger partial charge is 0.238 e. The van der Waals surface area contributed by atoms with Crippen LogP contribution in [0.2, 0.25) is 0 Å². The number of halogens is 1. The van der Waals surface area contributed by atoms with Crippen LogP contribution in [-0.4, -0.2) is 13.4 Å². The van der Waals surface area contributed by atoms with Crippen molar-refractivity contribution in [3.63, 3.8) is 0 Å². The highest BCUT2D eigenvalue weighted by molar-refractivity contribution is 7.89. The van der Waals surface area contributed by atoms with Gasteiger partial charge >= 0.3 is 0 Å². The Labute approximate surface area is 116 Å². The van der Waals surface area contributed by atoms with E-state index in [-0.39, 0.29) is 10.9 Å². The lowest BCUT2D eigenvalue weighted by Crippen LogP contribution is -2.13. The molecule has 0 saturated carbocycles. The number of hydrogen-bond donors (Lipinski definition) is 2. The zero-order chi connectivity index (χ0) is 14.8. The van der Waals surface area contributed by atoms with Gasteiger partial charge in [-0.25, -0.2) is 17.9 Å². The van der Waals surface area contributed by atoms with Crippen LogP contribution in [0, 0.1) is 5.82 Å².